The van der Waals surface area contributed by atoms with Crippen LogP contribution >= 0.6 is 11.6 Å². The molecule has 0 aliphatic heterocycles. The second-order valence-corrected chi connectivity index (χ2v) is 6.04. The predicted molar refractivity (Wildman–Crippen MR) is 82.5 cm³/mol. The Hall–Kier alpha value is -2.35. The minimum atomic E-state index is -2.62. The Morgan fingerprint density at radius 2 is 2.08 bits per heavy atom. The first-order valence-electron chi connectivity index (χ1n) is 7.26. The van der Waals surface area contributed by atoms with E-state index in [2.05, 4.69) is 20.1 Å². The van der Waals surface area contributed by atoms with Crippen molar-refractivity contribution in [3.63, 3.8) is 0 Å². The Morgan fingerprint density at radius 3 is 2.75 bits per heavy atom. The monoisotopic (exact) mass is 351 g/mol. The van der Waals surface area contributed by atoms with Gasteiger partial charge in [0, 0.05) is 31.0 Å². The van der Waals surface area contributed by atoms with E-state index in [9.17, 15) is 8.78 Å². The van der Waals surface area contributed by atoms with Gasteiger partial charge in [-0.3, -0.25) is 0 Å². The molecule has 0 N–H and O–H groups in total. The third-order valence-corrected chi connectivity index (χ3v) is 4.21. The Kier molecular flexibility index (Phi) is 3.38. The second kappa shape index (κ2) is 5.34. The third-order valence-electron chi connectivity index (χ3n) is 4.03. The van der Waals surface area contributed by atoms with Crippen molar-refractivity contribution in [2.45, 2.75) is 24.7 Å². The molecule has 1 saturated carbocycles. The van der Waals surface area contributed by atoms with E-state index in [1.165, 1.54) is 13.3 Å². The van der Waals surface area contributed by atoms with Crippen molar-refractivity contribution in [3.05, 3.63) is 35.5 Å². The fourth-order valence-corrected chi connectivity index (χ4v) is 2.97. The molecule has 0 bridgehead atoms. The van der Waals surface area contributed by atoms with Crippen LogP contribution in [-0.4, -0.2) is 37.6 Å². The minimum absolute atomic E-state index is 0.118. The van der Waals surface area contributed by atoms with Gasteiger partial charge in [-0.2, -0.15) is 5.10 Å². The van der Waals surface area contributed by atoms with Crippen molar-refractivity contribution in [2.75, 3.05) is 7.11 Å². The summed E-state index contributed by atoms with van der Waals surface area (Å²) in [5, 5.41) is 4.54. The molecule has 0 aromatic carbocycles. The Labute approximate surface area is 140 Å². The fraction of sp³-hybridized carbons (Fsp3) is 0.333. The van der Waals surface area contributed by atoms with Crippen LogP contribution < -0.4 is 4.74 Å². The van der Waals surface area contributed by atoms with Crippen LogP contribution in [0, 0.1) is 0 Å². The smallest absolute Gasteiger partial charge is 0.249 e. The molecule has 3 aromatic rings. The number of halogens is 3. The van der Waals surface area contributed by atoms with Crippen LogP contribution in [0.4, 0.5) is 8.78 Å². The topological polar surface area (TPSA) is 65.2 Å². The van der Waals surface area contributed by atoms with Crippen LogP contribution in [0.1, 0.15) is 24.5 Å². The largest absolute Gasteiger partial charge is 0.495 e. The zero-order valence-corrected chi connectivity index (χ0v) is 13.3. The van der Waals surface area contributed by atoms with E-state index in [0.717, 1.165) is 0 Å². The van der Waals surface area contributed by atoms with Gasteiger partial charge in [-0.15, -0.1) is 0 Å². The molecule has 0 unspecified atom stereocenters. The molecule has 1 aliphatic rings. The number of rotatable bonds is 3. The summed E-state index contributed by atoms with van der Waals surface area (Å²) in [7, 11) is 1.49. The summed E-state index contributed by atoms with van der Waals surface area (Å²) in [6, 6.07) is 3.36. The number of hydrogen-bond donors (Lipinski definition) is 0. The highest BCUT2D eigenvalue weighted by Crippen LogP contribution is 2.49. The van der Waals surface area contributed by atoms with Crippen molar-refractivity contribution in [2.24, 2.45) is 0 Å². The van der Waals surface area contributed by atoms with Crippen LogP contribution in [0.3, 0.4) is 0 Å². The van der Waals surface area contributed by atoms with Gasteiger partial charge >= 0.3 is 0 Å². The van der Waals surface area contributed by atoms with E-state index >= 15 is 0 Å². The molecule has 0 amide bonds. The molecule has 0 radical (unpaired) electrons. The molecular formula is C15H12ClF2N5O. The standard InChI is InChI=1S/C15H12ClF2N5O/c1-24-11-4-12-20-10(9-2-3-19-14(16)21-9)7-23(12)22-13(11)8-5-15(17,18)6-8/h2-4,7-8H,5-6H2,1H3. The van der Waals surface area contributed by atoms with Gasteiger partial charge in [0.05, 0.1) is 19.0 Å². The summed E-state index contributed by atoms with van der Waals surface area (Å²) in [6.45, 7) is 0. The average molecular weight is 352 g/mol. The second-order valence-electron chi connectivity index (χ2n) is 5.70. The first-order valence-corrected chi connectivity index (χ1v) is 7.64. The molecule has 4 rings (SSSR count). The van der Waals surface area contributed by atoms with Gasteiger partial charge in [0.2, 0.25) is 11.2 Å². The van der Waals surface area contributed by atoms with E-state index in [4.69, 9.17) is 16.3 Å². The van der Waals surface area contributed by atoms with Crippen LogP contribution in [0.5, 0.6) is 5.75 Å². The van der Waals surface area contributed by atoms with Gasteiger partial charge in [0.1, 0.15) is 17.1 Å². The number of hydrogen-bond acceptors (Lipinski definition) is 5. The number of ether oxygens (including phenoxy) is 1. The van der Waals surface area contributed by atoms with Crippen molar-refractivity contribution < 1.29 is 13.5 Å². The number of alkyl halides is 2. The lowest BCUT2D eigenvalue weighted by Crippen LogP contribution is -2.34. The fourth-order valence-electron chi connectivity index (χ4n) is 2.82. The van der Waals surface area contributed by atoms with Gasteiger partial charge in [-0.1, -0.05) is 0 Å². The quantitative estimate of drug-likeness (QED) is 0.677. The number of methoxy groups -OCH3 is 1. The van der Waals surface area contributed by atoms with Crippen LogP contribution in [-0.2, 0) is 0 Å². The number of aromatic nitrogens is 5. The number of fused-ring (bicyclic) bond motifs is 1. The van der Waals surface area contributed by atoms with Crippen molar-refractivity contribution in [3.8, 4) is 17.1 Å². The summed E-state index contributed by atoms with van der Waals surface area (Å²) < 4.78 is 33.2. The lowest BCUT2D eigenvalue weighted by atomic mass is 9.79. The first kappa shape index (κ1) is 15.2. The molecule has 3 heterocycles. The third kappa shape index (κ3) is 2.56. The summed E-state index contributed by atoms with van der Waals surface area (Å²) in [5.74, 6) is -2.48. The number of nitrogens with zero attached hydrogens (tertiary/aromatic N) is 5. The first-order chi connectivity index (χ1) is 11.4. The molecule has 1 fully saturated rings. The van der Waals surface area contributed by atoms with E-state index in [1.807, 2.05) is 0 Å². The molecule has 124 valence electrons. The Morgan fingerprint density at radius 1 is 1.29 bits per heavy atom. The maximum atomic E-state index is 13.2. The highest BCUT2D eigenvalue weighted by atomic mass is 35.5. The maximum Gasteiger partial charge on any atom is 0.249 e. The van der Waals surface area contributed by atoms with E-state index in [-0.39, 0.29) is 24.0 Å². The van der Waals surface area contributed by atoms with E-state index < -0.39 is 5.92 Å². The Balaban J connectivity index is 1.77. The van der Waals surface area contributed by atoms with Crippen molar-refractivity contribution >= 4 is 17.2 Å². The van der Waals surface area contributed by atoms with Gasteiger partial charge < -0.3 is 4.74 Å². The summed E-state index contributed by atoms with van der Waals surface area (Å²) >= 11 is 5.80. The van der Waals surface area contributed by atoms with Gasteiger partial charge in [0.25, 0.3) is 0 Å². The van der Waals surface area contributed by atoms with Gasteiger partial charge in [-0.25, -0.2) is 28.2 Å². The zero-order valence-electron chi connectivity index (χ0n) is 12.6. The SMILES string of the molecule is COc1cc2nc(-c3ccnc(Cl)n3)cn2nc1C1CC(F)(F)C1. The lowest BCUT2D eigenvalue weighted by Gasteiger charge is -2.34. The highest BCUT2D eigenvalue weighted by molar-refractivity contribution is 6.28. The minimum Gasteiger partial charge on any atom is -0.495 e. The molecule has 0 atom stereocenters. The van der Waals surface area contributed by atoms with Gasteiger partial charge in [-0.05, 0) is 17.7 Å². The highest BCUT2D eigenvalue weighted by Gasteiger charge is 2.47. The van der Waals surface area contributed by atoms with Crippen LogP contribution in [0.15, 0.2) is 24.5 Å². The molecule has 0 saturated heterocycles. The van der Waals surface area contributed by atoms with E-state index in [0.29, 0.717) is 28.5 Å². The van der Waals surface area contributed by atoms with Crippen LogP contribution in [0.2, 0.25) is 5.28 Å². The lowest BCUT2D eigenvalue weighted by molar-refractivity contribution is -0.0881. The summed E-state index contributed by atoms with van der Waals surface area (Å²) in [4.78, 5) is 12.4. The maximum absolute atomic E-state index is 13.2. The van der Waals surface area contributed by atoms with E-state index in [1.54, 1.807) is 22.8 Å². The molecule has 9 heteroatoms. The molecular weight excluding hydrogens is 340 g/mol. The molecule has 0 spiro atoms. The molecule has 3 aromatic heterocycles. The normalized spacial score (nSPS) is 17.0. The number of imidazole rings is 1. The predicted octanol–water partition coefficient (Wildman–Crippen LogP) is 3.36. The molecule has 6 nitrogen and oxygen atoms in total. The van der Waals surface area contributed by atoms with Crippen molar-refractivity contribution in [1.82, 2.24) is 24.6 Å². The molecule has 24 heavy (non-hydrogen) atoms. The van der Waals surface area contributed by atoms with Crippen molar-refractivity contribution in [1.29, 1.82) is 0 Å². The zero-order chi connectivity index (χ0) is 16.9. The van der Waals surface area contributed by atoms with Crippen LogP contribution in [0.25, 0.3) is 17.0 Å². The average Bonchev–Trinajstić information content (AvgIpc) is 2.94. The Bertz CT molecular complexity index is 921. The van der Waals surface area contributed by atoms with Gasteiger partial charge in [0.15, 0.2) is 5.65 Å². The summed E-state index contributed by atoms with van der Waals surface area (Å²) in [6.07, 6.45) is 2.77. The molecule has 1 aliphatic carbocycles. The summed E-state index contributed by atoms with van der Waals surface area (Å²) in [5.41, 5.74) is 2.16.